The molecule has 0 saturated carbocycles. The summed E-state index contributed by atoms with van der Waals surface area (Å²) in [5.74, 6) is 3.15. The van der Waals surface area contributed by atoms with Crippen molar-refractivity contribution in [2.45, 2.75) is 0 Å². The molecule has 2 aliphatic rings. The monoisotopic (exact) mass is 568 g/mol. The highest BCUT2D eigenvalue weighted by atomic mass is 127. The van der Waals surface area contributed by atoms with Gasteiger partial charge >= 0.3 is 0 Å². The van der Waals surface area contributed by atoms with E-state index in [9.17, 15) is 0 Å². The van der Waals surface area contributed by atoms with Crippen LogP contribution in [0, 0.1) is 11.2 Å². The van der Waals surface area contributed by atoms with Gasteiger partial charge in [0.25, 0.3) is 0 Å². The van der Waals surface area contributed by atoms with Crippen LogP contribution < -0.4 is 0 Å². The Bertz CT molecular complexity index is 1600. The molecule has 1 aromatic carbocycles. The summed E-state index contributed by atoms with van der Waals surface area (Å²) in [5.41, 5.74) is 10.7. The van der Waals surface area contributed by atoms with Crippen molar-refractivity contribution in [1.82, 2.24) is 19.9 Å². The summed E-state index contributed by atoms with van der Waals surface area (Å²) in [6, 6.07) is 22.8. The Balaban J connectivity index is 1.63. The molecular formula is C28H17IN4S. The number of hydrogen-bond donors (Lipinski definition) is 2. The highest BCUT2D eigenvalue weighted by Gasteiger charge is 2.14. The summed E-state index contributed by atoms with van der Waals surface area (Å²) in [6.45, 7) is 0. The van der Waals surface area contributed by atoms with E-state index in [-0.39, 0.29) is 0 Å². The fourth-order valence-electron chi connectivity index (χ4n) is 4.10. The lowest BCUT2D eigenvalue weighted by Gasteiger charge is -2.05. The molecule has 5 heterocycles. The first-order valence-electron chi connectivity index (χ1n) is 10.7. The van der Waals surface area contributed by atoms with E-state index in [1.54, 1.807) is 0 Å². The molecule has 3 aromatic heterocycles. The molecule has 0 saturated heterocycles. The third kappa shape index (κ3) is 4.32. The van der Waals surface area contributed by atoms with Crippen molar-refractivity contribution in [3.8, 4) is 22.3 Å². The fraction of sp³-hybridized carbons (Fsp3) is 0. The first-order chi connectivity index (χ1) is 16.7. The van der Waals surface area contributed by atoms with Gasteiger partial charge in [-0.05, 0) is 98.7 Å². The molecule has 2 N–H and O–H groups in total. The van der Waals surface area contributed by atoms with E-state index >= 15 is 0 Å². The van der Waals surface area contributed by atoms with E-state index in [1.165, 1.54) is 8.93 Å². The lowest BCUT2D eigenvalue weighted by Crippen LogP contribution is -1.89. The van der Waals surface area contributed by atoms with Crippen LogP contribution in [0.1, 0.15) is 28.3 Å². The average Bonchev–Trinajstić information content (AvgIpc) is 3.64. The molecule has 34 heavy (non-hydrogen) atoms. The van der Waals surface area contributed by atoms with Crippen LogP contribution in [0.5, 0.6) is 0 Å². The normalized spacial score (nSPS) is 11.9. The van der Waals surface area contributed by atoms with E-state index in [2.05, 4.69) is 109 Å². The number of benzene rings is 1. The number of nitrogens with one attached hydrogen (secondary N) is 2. The predicted octanol–water partition coefficient (Wildman–Crippen LogP) is 7.71. The quantitative estimate of drug-likeness (QED) is 0.158. The molecule has 2 aliphatic heterocycles. The SMILES string of the molecule is ISC#Cc1ccc(-c2c3nc(cc4ccc(cc5ccc(cc6nc2C=C6)[nH]5)[nH]4)C=C3)cc1. The Labute approximate surface area is 212 Å². The van der Waals surface area contributed by atoms with Gasteiger partial charge in [0.05, 0.1) is 22.8 Å². The van der Waals surface area contributed by atoms with Crippen LogP contribution >= 0.6 is 30.1 Å². The minimum absolute atomic E-state index is 0.894. The van der Waals surface area contributed by atoms with Gasteiger partial charge in [-0.3, -0.25) is 0 Å². The zero-order valence-corrected chi connectivity index (χ0v) is 20.8. The van der Waals surface area contributed by atoms with Crippen molar-refractivity contribution in [2.24, 2.45) is 0 Å². The van der Waals surface area contributed by atoms with Crippen LogP contribution in [0.15, 0.2) is 66.7 Å². The smallest absolute Gasteiger partial charge is 0.0737 e. The molecule has 0 radical (unpaired) electrons. The predicted molar refractivity (Wildman–Crippen MR) is 153 cm³/mol. The standard InChI is InChI=1S/C28H17IN4S/c29-34-14-13-18-1-3-19(4-2-18)28-26-11-9-24(32-26)16-22-7-5-20(30-22)15-21-6-8-23(31-21)17-25-10-12-27(28)33-25/h1-12,15-17,30-31H. The summed E-state index contributed by atoms with van der Waals surface area (Å²) in [5, 5.41) is 3.04. The first-order valence-corrected chi connectivity index (χ1v) is 14.1. The number of nitrogens with zero attached hydrogens (tertiary/aromatic N) is 2. The largest absolute Gasteiger partial charge is 0.355 e. The lowest BCUT2D eigenvalue weighted by atomic mass is 10.0. The van der Waals surface area contributed by atoms with Gasteiger partial charge in [0.1, 0.15) is 0 Å². The number of rotatable bonds is 1. The molecule has 6 rings (SSSR count). The Morgan fingerprint density at radius 2 is 1.18 bits per heavy atom. The van der Waals surface area contributed by atoms with Crippen LogP contribution in [-0.2, 0) is 0 Å². The maximum atomic E-state index is 4.94. The second-order valence-corrected chi connectivity index (χ2v) is 9.62. The first kappa shape index (κ1) is 21.0. The highest BCUT2D eigenvalue weighted by Crippen LogP contribution is 2.31. The maximum Gasteiger partial charge on any atom is 0.0737 e. The van der Waals surface area contributed by atoms with Crippen molar-refractivity contribution in [3.05, 3.63) is 95.1 Å². The van der Waals surface area contributed by atoms with Crippen molar-refractivity contribution >= 4 is 76.5 Å². The fourth-order valence-corrected chi connectivity index (χ4v) is 4.59. The van der Waals surface area contributed by atoms with Gasteiger partial charge < -0.3 is 9.97 Å². The maximum absolute atomic E-state index is 4.94. The number of hydrogen-bond acceptors (Lipinski definition) is 3. The molecular weight excluding hydrogens is 551 g/mol. The Morgan fingerprint density at radius 3 is 1.71 bits per heavy atom. The molecule has 8 bridgehead atoms. The Hall–Kier alpha value is -3.54. The summed E-state index contributed by atoms with van der Waals surface area (Å²) in [4.78, 5) is 16.8. The van der Waals surface area contributed by atoms with Crippen LogP contribution in [0.2, 0.25) is 0 Å². The zero-order chi connectivity index (χ0) is 22.9. The molecule has 0 atom stereocenters. The molecule has 0 spiro atoms. The zero-order valence-electron chi connectivity index (χ0n) is 17.8. The van der Waals surface area contributed by atoms with Crippen molar-refractivity contribution in [2.75, 3.05) is 0 Å². The second-order valence-electron chi connectivity index (χ2n) is 7.94. The van der Waals surface area contributed by atoms with Gasteiger partial charge in [0.15, 0.2) is 0 Å². The van der Waals surface area contributed by atoms with Gasteiger partial charge in [-0.1, -0.05) is 18.1 Å². The lowest BCUT2D eigenvalue weighted by molar-refractivity contribution is 1.28. The molecule has 0 amide bonds. The van der Waals surface area contributed by atoms with E-state index in [0.29, 0.717) is 0 Å². The minimum atomic E-state index is 0.894. The number of aromatic amines is 2. The van der Waals surface area contributed by atoms with Gasteiger partial charge in [0, 0.05) is 54.4 Å². The van der Waals surface area contributed by atoms with Crippen LogP contribution in [-0.4, -0.2) is 19.9 Å². The van der Waals surface area contributed by atoms with E-state index in [1.807, 2.05) is 24.3 Å². The van der Waals surface area contributed by atoms with Gasteiger partial charge in [0.2, 0.25) is 0 Å². The van der Waals surface area contributed by atoms with E-state index in [4.69, 9.17) is 9.97 Å². The van der Waals surface area contributed by atoms with Crippen LogP contribution in [0.3, 0.4) is 0 Å². The highest BCUT2D eigenvalue weighted by molar-refractivity contribution is 14.2. The molecule has 0 aliphatic carbocycles. The number of halogens is 1. The number of aromatic nitrogens is 4. The van der Waals surface area contributed by atoms with Crippen molar-refractivity contribution in [3.63, 3.8) is 0 Å². The van der Waals surface area contributed by atoms with Crippen LogP contribution in [0.25, 0.3) is 57.5 Å². The third-order valence-corrected chi connectivity index (χ3v) is 6.46. The van der Waals surface area contributed by atoms with Crippen molar-refractivity contribution < 1.29 is 0 Å². The molecule has 162 valence electrons. The summed E-state index contributed by atoms with van der Waals surface area (Å²) < 4.78 is 0. The third-order valence-electron chi connectivity index (χ3n) is 5.62. The van der Waals surface area contributed by atoms with Crippen molar-refractivity contribution in [1.29, 1.82) is 0 Å². The molecule has 0 unspecified atom stereocenters. The Kier molecular flexibility index (Phi) is 5.57. The average molecular weight is 568 g/mol. The van der Waals surface area contributed by atoms with Gasteiger partial charge in [-0.15, -0.1) is 0 Å². The summed E-state index contributed by atoms with van der Waals surface area (Å²) >= 11 is 2.18. The molecule has 6 heteroatoms. The van der Waals surface area contributed by atoms with Gasteiger partial charge in [-0.25, -0.2) is 9.97 Å². The topological polar surface area (TPSA) is 57.4 Å². The molecule has 0 fully saturated rings. The molecule has 4 nitrogen and oxygen atoms in total. The minimum Gasteiger partial charge on any atom is -0.355 e. The summed E-state index contributed by atoms with van der Waals surface area (Å²) in [6.07, 6.45) is 8.21. The Morgan fingerprint density at radius 1 is 0.647 bits per heavy atom. The summed E-state index contributed by atoms with van der Waals surface area (Å²) in [7, 11) is 1.48. The second kappa shape index (κ2) is 9.01. The van der Waals surface area contributed by atoms with Gasteiger partial charge in [-0.2, -0.15) is 0 Å². The van der Waals surface area contributed by atoms with E-state index in [0.717, 1.165) is 61.5 Å². The number of fused-ring (bicyclic) bond motifs is 8. The van der Waals surface area contributed by atoms with E-state index < -0.39 is 0 Å². The number of H-pyrrole nitrogens is 2. The molecule has 4 aromatic rings. The van der Waals surface area contributed by atoms with Crippen LogP contribution in [0.4, 0.5) is 0 Å².